The van der Waals surface area contributed by atoms with Crippen LogP contribution in [0.2, 0.25) is 0 Å². The zero-order chi connectivity index (χ0) is 18.0. The lowest BCUT2D eigenvalue weighted by Gasteiger charge is -2.26. The smallest absolute Gasteiger partial charge is 0.345 e. The number of likely N-dealkylation sites (tertiary alicyclic amines) is 1. The monoisotopic (exact) mass is 359 g/mol. The Morgan fingerprint density at radius 2 is 1.81 bits per heavy atom. The summed E-state index contributed by atoms with van der Waals surface area (Å²) in [4.78, 5) is 14.8. The molecule has 1 aliphatic rings. The first-order valence-electron chi connectivity index (χ1n) is 9.56. The summed E-state index contributed by atoms with van der Waals surface area (Å²) in [5.74, 6) is 0.873. The van der Waals surface area contributed by atoms with Crippen LogP contribution in [0.25, 0.3) is 0 Å². The van der Waals surface area contributed by atoms with Gasteiger partial charge in [0, 0.05) is 26.2 Å². The van der Waals surface area contributed by atoms with Crippen molar-refractivity contribution in [2.45, 2.75) is 32.4 Å². The van der Waals surface area contributed by atoms with Gasteiger partial charge in [0.05, 0.1) is 6.54 Å². The summed E-state index contributed by atoms with van der Waals surface area (Å²) in [6.45, 7) is 6.55. The molecule has 7 heteroatoms. The quantitative estimate of drug-likeness (QED) is 0.646. The molecule has 2 heterocycles. The van der Waals surface area contributed by atoms with Gasteiger partial charge in [-0.15, -0.1) is 0 Å². The van der Waals surface area contributed by atoms with Gasteiger partial charge in [-0.2, -0.15) is 5.10 Å². The van der Waals surface area contributed by atoms with Gasteiger partial charge in [0.2, 0.25) is 0 Å². The Hall–Kier alpha value is -2.12. The van der Waals surface area contributed by atoms with Crippen molar-refractivity contribution in [3.8, 4) is 5.75 Å². The van der Waals surface area contributed by atoms with Crippen LogP contribution >= 0.6 is 0 Å². The van der Waals surface area contributed by atoms with Gasteiger partial charge >= 0.3 is 5.69 Å². The molecule has 1 aliphatic heterocycles. The van der Waals surface area contributed by atoms with Crippen LogP contribution in [0.4, 0.5) is 0 Å². The standard InChI is InChI=1S/C19H29N5O2/c25-19-23(15-14-22-11-5-2-6-12-22)17-21-24(19)13-9-20-10-16-26-18-7-3-1-4-8-18/h1,3-4,7-8,17,20H,2,5-6,9-16H2. The van der Waals surface area contributed by atoms with Gasteiger partial charge in [0.15, 0.2) is 0 Å². The lowest BCUT2D eigenvalue weighted by molar-refractivity contribution is 0.220. The molecule has 1 aromatic heterocycles. The highest BCUT2D eigenvalue weighted by Crippen LogP contribution is 2.08. The van der Waals surface area contributed by atoms with Crippen LogP contribution in [0.1, 0.15) is 19.3 Å². The highest BCUT2D eigenvalue weighted by Gasteiger charge is 2.11. The second-order valence-corrected chi connectivity index (χ2v) is 6.64. The Bertz CT molecular complexity index is 691. The predicted octanol–water partition coefficient (Wildman–Crippen LogP) is 1.20. The van der Waals surface area contributed by atoms with Gasteiger partial charge in [-0.1, -0.05) is 24.6 Å². The molecule has 0 amide bonds. The van der Waals surface area contributed by atoms with E-state index in [1.807, 2.05) is 30.3 Å². The van der Waals surface area contributed by atoms with Crippen molar-refractivity contribution in [3.05, 3.63) is 47.1 Å². The van der Waals surface area contributed by atoms with Crippen molar-refractivity contribution < 1.29 is 4.74 Å². The summed E-state index contributed by atoms with van der Waals surface area (Å²) < 4.78 is 8.86. The molecule has 1 fully saturated rings. The van der Waals surface area contributed by atoms with Crippen molar-refractivity contribution >= 4 is 0 Å². The average molecular weight is 359 g/mol. The number of nitrogens with zero attached hydrogens (tertiary/aromatic N) is 4. The molecule has 1 N–H and O–H groups in total. The van der Waals surface area contributed by atoms with E-state index in [1.165, 1.54) is 23.9 Å². The molecule has 7 nitrogen and oxygen atoms in total. The van der Waals surface area contributed by atoms with Crippen LogP contribution in [0.15, 0.2) is 41.5 Å². The normalized spacial score (nSPS) is 15.2. The van der Waals surface area contributed by atoms with Gasteiger partial charge in [-0.05, 0) is 38.1 Å². The number of hydrogen-bond acceptors (Lipinski definition) is 5. The minimum atomic E-state index is -0.0238. The van der Waals surface area contributed by atoms with E-state index in [1.54, 1.807) is 10.9 Å². The molecule has 0 saturated carbocycles. The number of rotatable bonds is 10. The largest absolute Gasteiger partial charge is 0.492 e. The molecule has 0 atom stereocenters. The van der Waals surface area contributed by atoms with Gasteiger partial charge < -0.3 is 15.0 Å². The van der Waals surface area contributed by atoms with Gasteiger partial charge in [-0.25, -0.2) is 9.48 Å². The van der Waals surface area contributed by atoms with Crippen molar-refractivity contribution in [2.75, 3.05) is 39.3 Å². The second-order valence-electron chi connectivity index (χ2n) is 6.64. The fourth-order valence-corrected chi connectivity index (χ4v) is 3.18. The van der Waals surface area contributed by atoms with Crippen molar-refractivity contribution in [1.82, 2.24) is 24.6 Å². The summed E-state index contributed by atoms with van der Waals surface area (Å²) in [5.41, 5.74) is -0.0238. The minimum absolute atomic E-state index is 0.0238. The number of aromatic nitrogens is 3. The third kappa shape index (κ3) is 5.71. The topological polar surface area (TPSA) is 64.3 Å². The van der Waals surface area contributed by atoms with Crippen LogP contribution in [0.3, 0.4) is 0 Å². The number of piperidine rings is 1. The lowest BCUT2D eigenvalue weighted by Crippen LogP contribution is -2.35. The molecule has 0 unspecified atom stereocenters. The Balaban J connectivity index is 1.32. The number of para-hydroxylation sites is 1. The van der Waals surface area contributed by atoms with Gasteiger partial charge in [0.25, 0.3) is 0 Å². The Kier molecular flexibility index (Phi) is 7.27. The molecule has 0 bridgehead atoms. The minimum Gasteiger partial charge on any atom is -0.492 e. The van der Waals surface area contributed by atoms with Crippen LogP contribution < -0.4 is 15.7 Å². The average Bonchev–Trinajstić information content (AvgIpc) is 3.04. The molecule has 0 spiro atoms. The fourth-order valence-electron chi connectivity index (χ4n) is 3.18. The van der Waals surface area contributed by atoms with E-state index in [4.69, 9.17) is 4.74 Å². The summed E-state index contributed by atoms with van der Waals surface area (Å²) in [7, 11) is 0. The SMILES string of the molecule is O=c1n(CCN2CCCCC2)cnn1CCNCCOc1ccccc1. The van der Waals surface area contributed by atoms with Gasteiger partial charge in [-0.3, -0.25) is 4.57 Å². The zero-order valence-corrected chi connectivity index (χ0v) is 15.3. The first kappa shape index (κ1) is 18.7. The molecule has 142 valence electrons. The first-order valence-corrected chi connectivity index (χ1v) is 9.56. The maximum Gasteiger partial charge on any atom is 0.345 e. The summed E-state index contributed by atoms with van der Waals surface area (Å²) in [5, 5.41) is 7.50. The van der Waals surface area contributed by atoms with E-state index in [-0.39, 0.29) is 5.69 Å². The van der Waals surface area contributed by atoms with Crippen molar-refractivity contribution in [3.63, 3.8) is 0 Å². The highest BCUT2D eigenvalue weighted by molar-refractivity contribution is 5.20. The third-order valence-corrected chi connectivity index (χ3v) is 4.69. The molecule has 1 saturated heterocycles. The Morgan fingerprint density at radius 3 is 2.62 bits per heavy atom. The van der Waals surface area contributed by atoms with E-state index in [0.29, 0.717) is 19.7 Å². The Morgan fingerprint density at radius 1 is 1.00 bits per heavy atom. The molecule has 1 aromatic carbocycles. The maximum absolute atomic E-state index is 12.3. The second kappa shape index (κ2) is 10.1. The predicted molar refractivity (Wildman–Crippen MR) is 102 cm³/mol. The molecule has 0 aliphatic carbocycles. The maximum atomic E-state index is 12.3. The lowest BCUT2D eigenvalue weighted by atomic mass is 10.1. The number of ether oxygens (including phenoxy) is 1. The fraction of sp³-hybridized carbons (Fsp3) is 0.579. The van der Waals surface area contributed by atoms with E-state index in [2.05, 4.69) is 15.3 Å². The molecule has 0 radical (unpaired) electrons. The van der Waals surface area contributed by atoms with E-state index < -0.39 is 0 Å². The van der Waals surface area contributed by atoms with Crippen molar-refractivity contribution in [2.24, 2.45) is 0 Å². The van der Waals surface area contributed by atoms with Crippen LogP contribution in [0, 0.1) is 0 Å². The molecule has 26 heavy (non-hydrogen) atoms. The first-order chi connectivity index (χ1) is 12.8. The Labute approximate surface area is 154 Å². The molecular weight excluding hydrogens is 330 g/mol. The number of benzene rings is 1. The van der Waals surface area contributed by atoms with Crippen molar-refractivity contribution in [1.29, 1.82) is 0 Å². The summed E-state index contributed by atoms with van der Waals surface area (Å²) >= 11 is 0. The molecule has 2 aromatic rings. The molecular formula is C19H29N5O2. The van der Waals surface area contributed by atoms with Crippen LogP contribution in [-0.2, 0) is 13.1 Å². The van der Waals surface area contributed by atoms with Gasteiger partial charge in [0.1, 0.15) is 18.7 Å². The third-order valence-electron chi connectivity index (χ3n) is 4.69. The zero-order valence-electron chi connectivity index (χ0n) is 15.3. The molecule has 3 rings (SSSR count). The van der Waals surface area contributed by atoms with E-state index in [9.17, 15) is 4.79 Å². The van der Waals surface area contributed by atoms with Crippen LogP contribution in [0.5, 0.6) is 5.75 Å². The van der Waals surface area contributed by atoms with E-state index >= 15 is 0 Å². The van der Waals surface area contributed by atoms with E-state index in [0.717, 1.165) is 38.5 Å². The highest BCUT2D eigenvalue weighted by atomic mass is 16.5. The summed E-state index contributed by atoms with van der Waals surface area (Å²) in [6.07, 6.45) is 5.53. The number of hydrogen-bond donors (Lipinski definition) is 1. The van der Waals surface area contributed by atoms with Crippen LogP contribution in [-0.4, -0.2) is 58.6 Å². The summed E-state index contributed by atoms with van der Waals surface area (Å²) in [6, 6.07) is 9.76. The number of nitrogens with one attached hydrogen (secondary N) is 1.